The van der Waals surface area contributed by atoms with E-state index in [4.69, 9.17) is 14.8 Å². The summed E-state index contributed by atoms with van der Waals surface area (Å²) in [5.74, 6) is 0.0812. The highest BCUT2D eigenvalue weighted by atomic mass is 16.5. The molecule has 4 heterocycles. The van der Waals surface area contributed by atoms with Crippen molar-refractivity contribution >= 4 is 11.6 Å². The molecule has 2 aliphatic heterocycles. The maximum Gasteiger partial charge on any atom is 0.220 e. The van der Waals surface area contributed by atoms with Crippen LogP contribution < -0.4 is 5.32 Å². The Morgan fingerprint density at radius 1 is 1.35 bits per heavy atom. The lowest BCUT2D eigenvalue weighted by atomic mass is 10.1. The molecule has 1 amide bonds. The highest BCUT2D eigenvalue weighted by Gasteiger charge is 2.29. The van der Waals surface area contributed by atoms with Gasteiger partial charge < -0.3 is 10.1 Å². The number of rotatable bonds is 7. The van der Waals surface area contributed by atoms with Crippen LogP contribution in [0.4, 0.5) is 0 Å². The number of amides is 1. The molecule has 0 spiro atoms. The van der Waals surface area contributed by atoms with E-state index in [-0.39, 0.29) is 11.9 Å². The monoisotopic (exact) mass is 425 g/mol. The smallest absolute Gasteiger partial charge is 0.220 e. The van der Waals surface area contributed by atoms with Gasteiger partial charge in [0.05, 0.1) is 24.9 Å². The Morgan fingerprint density at radius 2 is 2.19 bits per heavy atom. The van der Waals surface area contributed by atoms with E-state index >= 15 is 0 Å². The lowest BCUT2D eigenvalue weighted by molar-refractivity contribution is -0.121. The first-order chi connectivity index (χ1) is 14.9. The highest BCUT2D eigenvalue weighted by molar-refractivity contribution is 5.76. The first-order valence-corrected chi connectivity index (χ1v) is 11.6. The Kier molecular flexibility index (Phi) is 6.72. The summed E-state index contributed by atoms with van der Waals surface area (Å²) in [4.78, 5) is 19.5. The Bertz CT molecular complexity index is 978. The van der Waals surface area contributed by atoms with Crippen LogP contribution >= 0.6 is 0 Å². The van der Waals surface area contributed by atoms with E-state index in [2.05, 4.69) is 29.3 Å². The molecule has 7 heteroatoms. The van der Waals surface area contributed by atoms with E-state index in [1.807, 2.05) is 25.3 Å². The predicted molar refractivity (Wildman–Crippen MR) is 121 cm³/mol. The van der Waals surface area contributed by atoms with Gasteiger partial charge in [-0.1, -0.05) is 6.08 Å². The van der Waals surface area contributed by atoms with Gasteiger partial charge in [0.1, 0.15) is 0 Å². The minimum atomic E-state index is 0.0812. The number of carbonyl (C=O) groups excluding carboxylic acids is 1. The third-order valence-electron chi connectivity index (χ3n) is 6.33. The van der Waals surface area contributed by atoms with Gasteiger partial charge in [-0.2, -0.15) is 5.10 Å². The number of aryl methyl sites for hydroxylation is 2. The second-order valence-electron chi connectivity index (χ2n) is 9.15. The van der Waals surface area contributed by atoms with E-state index in [0.29, 0.717) is 18.9 Å². The third-order valence-corrected chi connectivity index (χ3v) is 6.33. The zero-order valence-corrected chi connectivity index (χ0v) is 19.3. The predicted octanol–water partition coefficient (Wildman–Crippen LogP) is 3.29. The quantitative estimate of drug-likeness (QED) is 0.689. The maximum atomic E-state index is 12.1. The van der Waals surface area contributed by atoms with Gasteiger partial charge in [-0.15, -0.1) is 0 Å². The summed E-state index contributed by atoms with van der Waals surface area (Å²) >= 11 is 0. The molecule has 0 aromatic carbocycles. The molecule has 1 atom stereocenters. The van der Waals surface area contributed by atoms with Crippen LogP contribution in [0.2, 0.25) is 0 Å². The normalized spacial score (nSPS) is 19.9. The maximum absolute atomic E-state index is 12.1. The van der Waals surface area contributed by atoms with Gasteiger partial charge in [-0.25, -0.2) is 9.50 Å². The van der Waals surface area contributed by atoms with Gasteiger partial charge in [0.15, 0.2) is 5.65 Å². The summed E-state index contributed by atoms with van der Waals surface area (Å²) < 4.78 is 7.60. The molecule has 0 aliphatic carbocycles. The summed E-state index contributed by atoms with van der Waals surface area (Å²) in [6.07, 6.45) is 6.81. The number of hydrogen-bond acceptors (Lipinski definition) is 5. The average molecular weight is 426 g/mol. The van der Waals surface area contributed by atoms with Gasteiger partial charge in [-0.3, -0.25) is 9.69 Å². The van der Waals surface area contributed by atoms with Crippen LogP contribution in [-0.4, -0.2) is 57.8 Å². The van der Waals surface area contributed by atoms with Crippen molar-refractivity contribution in [3.05, 3.63) is 40.4 Å². The first-order valence-electron chi connectivity index (χ1n) is 11.6. The SMILES string of the molecule is Cc1nc2cc([C@@H]3CCCN3CC3=CCCOC3)nn2c(C)c1CCC(=O)NC(C)C. The van der Waals surface area contributed by atoms with Crippen LogP contribution in [0.1, 0.15) is 68.2 Å². The van der Waals surface area contributed by atoms with Crippen molar-refractivity contribution in [1.29, 1.82) is 0 Å². The van der Waals surface area contributed by atoms with Crippen molar-refractivity contribution in [2.75, 3.05) is 26.3 Å². The van der Waals surface area contributed by atoms with Crippen molar-refractivity contribution in [2.24, 2.45) is 0 Å². The van der Waals surface area contributed by atoms with Gasteiger partial charge in [0.25, 0.3) is 0 Å². The molecule has 31 heavy (non-hydrogen) atoms. The summed E-state index contributed by atoms with van der Waals surface area (Å²) in [5, 5.41) is 7.94. The molecule has 168 valence electrons. The fraction of sp³-hybridized carbons (Fsp3) is 0.625. The van der Waals surface area contributed by atoms with Crippen LogP contribution in [-0.2, 0) is 16.0 Å². The molecule has 2 aromatic heterocycles. The number of carbonyl (C=O) groups is 1. The number of nitrogens with zero attached hydrogens (tertiary/aromatic N) is 4. The van der Waals surface area contributed by atoms with E-state index in [1.54, 1.807) is 0 Å². The second-order valence-corrected chi connectivity index (χ2v) is 9.15. The van der Waals surface area contributed by atoms with Gasteiger partial charge in [0, 0.05) is 36.5 Å². The summed E-state index contributed by atoms with van der Waals surface area (Å²) in [7, 11) is 0. The van der Waals surface area contributed by atoms with Crippen molar-refractivity contribution in [1.82, 2.24) is 24.8 Å². The van der Waals surface area contributed by atoms with Crippen molar-refractivity contribution < 1.29 is 9.53 Å². The van der Waals surface area contributed by atoms with Crippen LogP contribution in [0.5, 0.6) is 0 Å². The number of nitrogens with one attached hydrogen (secondary N) is 1. The topological polar surface area (TPSA) is 71.8 Å². The molecule has 2 aliphatic rings. The Morgan fingerprint density at radius 3 is 2.94 bits per heavy atom. The number of fused-ring (bicyclic) bond motifs is 1. The van der Waals surface area contributed by atoms with Gasteiger partial charge in [-0.05, 0) is 71.1 Å². The van der Waals surface area contributed by atoms with Crippen LogP contribution in [0.15, 0.2) is 17.7 Å². The lowest BCUT2D eigenvalue weighted by Gasteiger charge is -2.25. The molecule has 0 bridgehead atoms. The molecule has 1 saturated heterocycles. The van der Waals surface area contributed by atoms with Gasteiger partial charge >= 0.3 is 0 Å². The molecule has 2 aromatic rings. The molecule has 1 fully saturated rings. The number of aromatic nitrogens is 3. The van der Waals surface area contributed by atoms with Gasteiger partial charge in [0.2, 0.25) is 5.91 Å². The average Bonchev–Trinajstić information content (AvgIpc) is 3.34. The summed E-state index contributed by atoms with van der Waals surface area (Å²) in [5.41, 5.74) is 6.57. The number of likely N-dealkylation sites (tertiary alicyclic amines) is 1. The molecule has 4 rings (SSSR count). The zero-order valence-electron chi connectivity index (χ0n) is 19.3. The molecular formula is C24H35N5O2. The number of ether oxygens (including phenoxy) is 1. The zero-order chi connectivity index (χ0) is 22.0. The highest BCUT2D eigenvalue weighted by Crippen LogP contribution is 2.33. The molecule has 1 N–H and O–H groups in total. The Hall–Kier alpha value is -2.25. The Labute approximate surface area is 184 Å². The van der Waals surface area contributed by atoms with Crippen molar-refractivity contribution in [2.45, 2.75) is 71.9 Å². The second kappa shape index (κ2) is 9.49. The minimum absolute atomic E-state index is 0.0812. The molecule has 0 unspecified atom stereocenters. The van der Waals surface area contributed by atoms with Crippen molar-refractivity contribution in [3.8, 4) is 0 Å². The first kappa shape index (κ1) is 22.0. The standard InChI is InChI=1S/C24H35N5O2/c1-16(2)25-24(30)10-9-20-17(3)26-23-13-21(27-29(23)18(20)4)22-8-5-11-28(22)14-19-7-6-12-31-15-19/h7,13,16,22H,5-6,8-12,14-15H2,1-4H3,(H,25,30)/t22-/m0/s1. The van der Waals surface area contributed by atoms with E-state index in [1.165, 1.54) is 12.0 Å². The van der Waals surface area contributed by atoms with E-state index < -0.39 is 0 Å². The van der Waals surface area contributed by atoms with Crippen molar-refractivity contribution in [3.63, 3.8) is 0 Å². The molecule has 0 radical (unpaired) electrons. The lowest BCUT2D eigenvalue weighted by Crippen LogP contribution is -2.30. The van der Waals surface area contributed by atoms with E-state index in [9.17, 15) is 4.79 Å². The molecular weight excluding hydrogens is 390 g/mol. The summed E-state index contributed by atoms with van der Waals surface area (Å²) in [6.45, 7) is 11.7. The van der Waals surface area contributed by atoms with Crippen LogP contribution in [0.25, 0.3) is 5.65 Å². The molecule has 0 saturated carbocycles. The largest absolute Gasteiger partial charge is 0.377 e. The Balaban J connectivity index is 1.54. The minimum Gasteiger partial charge on any atom is -0.377 e. The van der Waals surface area contributed by atoms with Crippen LogP contribution in [0.3, 0.4) is 0 Å². The third kappa shape index (κ3) is 4.99. The fourth-order valence-electron chi connectivity index (χ4n) is 4.83. The number of hydrogen-bond donors (Lipinski definition) is 1. The summed E-state index contributed by atoms with van der Waals surface area (Å²) in [6, 6.07) is 2.63. The molecule has 7 nitrogen and oxygen atoms in total. The van der Waals surface area contributed by atoms with E-state index in [0.717, 1.165) is 67.4 Å². The van der Waals surface area contributed by atoms with Crippen LogP contribution in [0, 0.1) is 13.8 Å². The fourth-order valence-corrected chi connectivity index (χ4v) is 4.83.